The highest BCUT2D eigenvalue weighted by Crippen LogP contribution is 2.20. The lowest BCUT2D eigenvalue weighted by Crippen LogP contribution is -2.26. The molecule has 0 spiro atoms. The van der Waals surface area contributed by atoms with Gasteiger partial charge >= 0.3 is 5.97 Å². The first-order valence-electron chi connectivity index (χ1n) is 6.40. The highest BCUT2D eigenvalue weighted by molar-refractivity contribution is 6.08. The zero-order valence-electron chi connectivity index (χ0n) is 11.5. The molecule has 0 N–H and O–H groups in total. The van der Waals surface area contributed by atoms with Crippen molar-refractivity contribution in [3.63, 3.8) is 0 Å². The molecule has 0 fully saturated rings. The number of benzene rings is 1. The van der Waals surface area contributed by atoms with E-state index in [0.29, 0.717) is 12.0 Å². The average molecular weight is 266 g/mol. The lowest BCUT2D eigenvalue weighted by atomic mass is 9.91. The zero-order chi connectivity index (χ0) is 14.4. The third-order valence-corrected chi connectivity index (χ3v) is 3.11. The van der Waals surface area contributed by atoms with Gasteiger partial charge in [0.15, 0.2) is 5.78 Å². The highest BCUT2D eigenvalue weighted by atomic mass is 19.1. The van der Waals surface area contributed by atoms with Crippen molar-refractivity contribution in [1.29, 1.82) is 0 Å². The first-order valence-corrected chi connectivity index (χ1v) is 6.40. The quantitative estimate of drug-likeness (QED) is 0.451. The fourth-order valence-corrected chi connectivity index (χ4v) is 1.93. The van der Waals surface area contributed by atoms with Gasteiger partial charge in [-0.1, -0.05) is 31.9 Å². The third kappa shape index (κ3) is 3.63. The zero-order valence-corrected chi connectivity index (χ0v) is 11.5. The molecule has 19 heavy (non-hydrogen) atoms. The molecule has 0 amide bonds. The van der Waals surface area contributed by atoms with Crippen LogP contribution in [0.4, 0.5) is 4.39 Å². The minimum absolute atomic E-state index is 0.0356. The summed E-state index contributed by atoms with van der Waals surface area (Å²) < 4.78 is 18.6. The van der Waals surface area contributed by atoms with Crippen molar-refractivity contribution in [2.24, 2.45) is 5.92 Å². The molecule has 4 heteroatoms. The van der Waals surface area contributed by atoms with E-state index in [1.165, 1.54) is 13.2 Å². The van der Waals surface area contributed by atoms with Crippen molar-refractivity contribution in [1.82, 2.24) is 0 Å². The summed E-state index contributed by atoms with van der Waals surface area (Å²) in [5.74, 6) is -2.57. The number of aryl methyl sites for hydroxylation is 1. The third-order valence-electron chi connectivity index (χ3n) is 3.11. The van der Waals surface area contributed by atoms with Crippen molar-refractivity contribution >= 4 is 11.8 Å². The first-order chi connectivity index (χ1) is 9.02. The van der Waals surface area contributed by atoms with Crippen LogP contribution in [-0.2, 0) is 9.53 Å². The maximum atomic E-state index is 13.9. The normalized spacial score (nSPS) is 12.0. The molecule has 0 aliphatic carbocycles. The van der Waals surface area contributed by atoms with Crippen LogP contribution in [0.15, 0.2) is 18.2 Å². The van der Waals surface area contributed by atoms with Gasteiger partial charge in [-0.3, -0.25) is 9.59 Å². The number of ketones is 1. The molecule has 0 radical (unpaired) electrons. The topological polar surface area (TPSA) is 43.4 Å². The van der Waals surface area contributed by atoms with Crippen molar-refractivity contribution in [3.05, 3.63) is 35.1 Å². The Hall–Kier alpha value is -1.71. The minimum atomic E-state index is -0.916. The van der Waals surface area contributed by atoms with Crippen LogP contribution < -0.4 is 0 Å². The van der Waals surface area contributed by atoms with Crippen molar-refractivity contribution in [2.45, 2.75) is 33.1 Å². The molecule has 3 nitrogen and oxygen atoms in total. The monoisotopic (exact) mass is 266 g/mol. The van der Waals surface area contributed by atoms with E-state index in [9.17, 15) is 14.0 Å². The van der Waals surface area contributed by atoms with Crippen molar-refractivity contribution in [3.8, 4) is 0 Å². The predicted octanol–water partition coefficient (Wildman–Crippen LogP) is 3.30. The second-order valence-corrected chi connectivity index (χ2v) is 4.52. The van der Waals surface area contributed by atoms with Crippen LogP contribution in [0.1, 0.15) is 42.1 Å². The number of unbranched alkanes of at least 4 members (excludes halogenated alkanes) is 1. The molecular formula is C15H19FO3. The van der Waals surface area contributed by atoms with E-state index < -0.39 is 23.5 Å². The molecule has 1 aromatic rings. The van der Waals surface area contributed by atoms with Gasteiger partial charge in [0, 0.05) is 0 Å². The van der Waals surface area contributed by atoms with Crippen molar-refractivity contribution < 1.29 is 18.7 Å². The second-order valence-electron chi connectivity index (χ2n) is 4.52. The smallest absolute Gasteiger partial charge is 0.316 e. The molecule has 1 atom stereocenters. The van der Waals surface area contributed by atoms with Gasteiger partial charge in [-0.15, -0.1) is 0 Å². The Kier molecular flexibility index (Phi) is 5.67. The van der Waals surface area contributed by atoms with E-state index in [-0.39, 0.29) is 5.56 Å². The predicted molar refractivity (Wildman–Crippen MR) is 70.5 cm³/mol. The largest absolute Gasteiger partial charge is 0.468 e. The van der Waals surface area contributed by atoms with E-state index >= 15 is 0 Å². The van der Waals surface area contributed by atoms with E-state index in [4.69, 9.17) is 0 Å². The Morgan fingerprint density at radius 2 is 2.05 bits per heavy atom. The van der Waals surface area contributed by atoms with E-state index in [1.54, 1.807) is 19.1 Å². The lowest BCUT2D eigenvalue weighted by Gasteiger charge is -2.14. The lowest BCUT2D eigenvalue weighted by molar-refractivity contribution is -0.143. The van der Waals surface area contributed by atoms with Gasteiger partial charge in [0.1, 0.15) is 11.7 Å². The summed E-state index contributed by atoms with van der Waals surface area (Å²) in [6.45, 7) is 3.55. The van der Waals surface area contributed by atoms with Crippen LogP contribution in [0.2, 0.25) is 0 Å². The highest BCUT2D eigenvalue weighted by Gasteiger charge is 2.29. The Morgan fingerprint density at radius 1 is 1.37 bits per heavy atom. The van der Waals surface area contributed by atoms with Crippen LogP contribution in [0, 0.1) is 18.7 Å². The van der Waals surface area contributed by atoms with Crippen LogP contribution in [0.25, 0.3) is 0 Å². The Balaban J connectivity index is 3.04. The van der Waals surface area contributed by atoms with Crippen LogP contribution >= 0.6 is 0 Å². The van der Waals surface area contributed by atoms with Crippen LogP contribution in [0.5, 0.6) is 0 Å². The number of carbonyl (C=O) groups excluding carboxylic acids is 2. The second kappa shape index (κ2) is 7.02. The molecule has 0 bridgehead atoms. The fraction of sp³-hybridized carbons (Fsp3) is 0.467. The summed E-state index contributed by atoms with van der Waals surface area (Å²) in [7, 11) is 1.24. The summed E-state index contributed by atoms with van der Waals surface area (Å²) in [5.41, 5.74) is 0.358. The summed E-state index contributed by atoms with van der Waals surface area (Å²) >= 11 is 0. The van der Waals surface area contributed by atoms with Gasteiger partial charge in [-0.2, -0.15) is 0 Å². The SMILES string of the molecule is CCCCC(C(=O)OC)C(=O)c1cccc(C)c1F. The van der Waals surface area contributed by atoms with Gasteiger partial charge in [0.25, 0.3) is 0 Å². The molecule has 0 heterocycles. The molecular weight excluding hydrogens is 247 g/mol. The number of Topliss-reactive ketones (excluding diaryl/α,β-unsaturated/α-hetero) is 1. The average Bonchev–Trinajstić information content (AvgIpc) is 2.41. The van der Waals surface area contributed by atoms with Gasteiger partial charge in [-0.25, -0.2) is 4.39 Å². The number of esters is 1. The summed E-state index contributed by atoms with van der Waals surface area (Å²) in [4.78, 5) is 23.9. The van der Waals surface area contributed by atoms with Crippen LogP contribution in [0.3, 0.4) is 0 Å². The van der Waals surface area contributed by atoms with Gasteiger partial charge in [-0.05, 0) is 25.0 Å². The molecule has 0 aliphatic rings. The summed E-state index contributed by atoms with van der Waals surface area (Å²) in [6.07, 6.45) is 1.96. The number of hydrogen-bond donors (Lipinski definition) is 0. The maximum Gasteiger partial charge on any atom is 0.316 e. The number of carbonyl (C=O) groups is 2. The molecule has 1 unspecified atom stereocenters. The standard InChI is InChI=1S/C15H19FO3/c1-4-5-8-12(15(18)19-3)14(17)11-9-6-7-10(2)13(11)16/h6-7,9,12H,4-5,8H2,1-3H3. The summed E-state index contributed by atoms with van der Waals surface area (Å²) in [5, 5.41) is 0. The molecule has 0 aromatic heterocycles. The summed E-state index contributed by atoms with van der Waals surface area (Å²) in [6, 6.07) is 4.61. The molecule has 0 saturated heterocycles. The molecule has 0 aliphatic heterocycles. The van der Waals surface area contributed by atoms with Gasteiger partial charge in [0.2, 0.25) is 0 Å². The van der Waals surface area contributed by atoms with E-state index in [2.05, 4.69) is 4.74 Å². The van der Waals surface area contributed by atoms with Crippen LogP contribution in [-0.4, -0.2) is 18.9 Å². The van der Waals surface area contributed by atoms with E-state index in [0.717, 1.165) is 12.8 Å². The van der Waals surface area contributed by atoms with E-state index in [1.807, 2.05) is 6.92 Å². The Bertz CT molecular complexity index is 468. The number of ether oxygens (including phenoxy) is 1. The molecule has 1 aromatic carbocycles. The fourth-order valence-electron chi connectivity index (χ4n) is 1.93. The number of methoxy groups -OCH3 is 1. The minimum Gasteiger partial charge on any atom is -0.468 e. The number of halogens is 1. The number of rotatable bonds is 6. The Labute approximate surface area is 112 Å². The Morgan fingerprint density at radius 3 is 2.63 bits per heavy atom. The first kappa shape index (κ1) is 15.3. The number of hydrogen-bond acceptors (Lipinski definition) is 3. The molecule has 104 valence electrons. The van der Waals surface area contributed by atoms with Crippen molar-refractivity contribution in [2.75, 3.05) is 7.11 Å². The van der Waals surface area contributed by atoms with Gasteiger partial charge < -0.3 is 4.74 Å². The molecule has 0 saturated carbocycles. The maximum absolute atomic E-state index is 13.9. The molecule has 1 rings (SSSR count). The van der Waals surface area contributed by atoms with Gasteiger partial charge in [0.05, 0.1) is 12.7 Å².